The molecule has 0 saturated heterocycles. The van der Waals surface area contributed by atoms with Crippen LogP contribution in [0.25, 0.3) is 0 Å². The molecule has 4 heteroatoms. The maximum atomic E-state index is 5.63. The Hall–Kier alpha value is -1.26. The summed E-state index contributed by atoms with van der Waals surface area (Å²) in [7, 11) is 3.28. The molecule has 0 aliphatic rings. The highest BCUT2D eigenvalue weighted by molar-refractivity contribution is 5.43. The average Bonchev–Trinajstić information content (AvgIpc) is 2.34. The highest BCUT2D eigenvalue weighted by atomic mass is 16.5. The summed E-state index contributed by atoms with van der Waals surface area (Å²) in [6, 6.07) is 6.16. The molecule has 1 aromatic carbocycles. The number of nitrogens with one attached hydrogen (secondary N) is 1. The van der Waals surface area contributed by atoms with Crippen LogP contribution in [0.15, 0.2) is 18.2 Å². The van der Waals surface area contributed by atoms with Gasteiger partial charge in [0.25, 0.3) is 0 Å². The van der Waals surface area contributed by atoms with E-state index in [-0.39, 0.29) is 11.5 Å². The van der Waals surface area contributed by atoms with E-state index in [1.807, 2.05) is 18.2 Å². The normalized spacial score (nSPS) is 13.2. The Bertz CT molecular complexity index is 386. The molecule has 0 aliphatic carbocycles. The van der Waals surface area contributed by atoms with Crippen molar-refractivity contribution in [3.8, 4) is 11.5 Å². The third-order valence-corrected chi connectivity index (χ3v) is 3.13. The third-order valence-electron chi connectivity index (χ3n) is 3.13. The quantitative estimate of drug-likeness (QED) is 0.622. The second kappa shape index (κ2) is 6.07. The molecule has 0 heterocycles. The second-order valence-electron chi connectivity index (χ2n) is 5.48. The lowest BCUT2D eigenvalue weighted by Crippen LogP contribution is -2.45. The smallest absolute Gasteiger partial charge is 0.160 e. The Morgan fingerprint density at radius 1 is 1.17 bits per heavy atom. The van der Waals surface area contributed by atoms with Gasteiger partial charge in [-0.25, -0.2) is 0 Å². The van der Waals surface area contributed by atoms with Crippen LogP contribution in [0.4, 0.5) is 0 Å². The summed E-state index contributed by atoms with van der Waals surface area (Å²) < 4.78 is 10.5. The molecule has 102 valence electrons. The minimum atomic E-state index is 0.0991. The monoisotopic (exact) mass is 252 g/mol. The molecule has 0 radical (unpaired) electrons. The Labute approximate surface area is 109 Å². The van der Waals surface area contributed by atoms with Crippen LogP contribution in [-0.2, 0) is 6.42 Å². The van der Waals surface area contributed by atoms with Crippen LogP contribution in [0.3, 0.4) is 0 Å². The van der Waals surface area contributed by atoms with Crippen molar-refractivity contribution in [2.24, 2.45) is 11.3 Å². The zero-order valence-corrected chi connectivity index (χ0v) is 11.9. The van der Waals surface area contributed by atoms with E-state index in [1.165, 1.54) is 5.56 Å². The number of methoxy groups -OCH3 is 2. The third kappa shape index (κ3) is 3.62. The first kappa shape index (κ1) is 14.8. The van der Waals surface area contributed by atoms with Gasteiger partial charge in [0, 0.05) is 6.04 Å². The molecule has 1 aromatic rings. The fourth-order valence-corrected chi connectivity index (χ4v) is 1.86. The number of hydrogen-bond acceptors (Lipinski definition) is 4. The van der Waals surface area contributed by atoms with Gasteiger partial charge in [0.2, 0.25) is 0 Å². The summed E-state index contributed by atoms with van der Waals surface area (Å²) in [5, 5.41) is 0. The molecule has 4 nitrogen and oxygen atoms in total. The summed E-state index contributed by atoms with van der Waals surface area (Å²) >= 11 is 0. The molecule has 0 bridgehead atoms. The van der Waals surface area contributed by atoms with Crippen molar-refractivity contribution in [3.05, 3.63) is 23.8 Å². The number of hydrogen-bond donors (Lipinski definition) is 2. The average molecular weight is 252 g/mol. The maximum Gasteiger partial charge on any atom is 0.160 e. The Kier molecular flexibility index (Phi) is 4.99. The van der Waals surface area contributed by atoms with E-state index in [4.69, 9.17) is 15.3 Å². The molecule has 3 N–H and O–H groups in total. The largest absolute Gasteiger partial charge is 0.493 e. The van der Waals surface area contributed by atoms with Gasteiger partial charge in [0.05, 0.1) is 14.2 Å². The van der Waals surface area contributed by atoms with Gasteiger partial charge in [-0.15, -0.1) is 0 Å². The number of hydrazine groups is 1. The van der Waals surface area contributed by atoms with Gasteiger partial charge >= 0.3 is 0 Å². The van der Waals surface area contributed by atoms with Crippen LogP contribution in [0.5, 0.6) is 11.5 Å². The lowest BCUT2D eigenvalue weighted by Gasteiger charge is -2.30. The van der Waals surface area contributed by atoms with Crippen LogP contribution in [-0.4, -0.2) is 20.3 Å². The van der Waals surface area contributed by atoms with Gasteiger partial charge in [0.1, 0.15) is 0 Å². The minimum Gasteiger partial charge on any atom is -0.493 e. The Morgan fingerprint density at radius 2 is 1.78 bits per heavy atom. The predicted molar refractivity (Wildman–Crippen MR) is 73.8 cm³/mol. The standard InChI is InChI=1S/C14H24N2O2/c1-14(2,3)13(16-15)9-10-6-7-11(17-4)12(8-10)18-5/h6-8,13,16H,9,15H2,1-5H3. The number of nitrogens with two attached hydrogens (primary N) is 1. The SMILES string of the molecule is COc1ccc(CC(NN)C(C)(C)C)cc1OC. The molecule has 18 heavy (non-hydrogen) atoms. The molecule has 0 saturated carbocycles. The van der Waals surface area contributed by atoms with Crippen LogP contribution in [0.1, 0.15) is 26.3 Å². The van der Waals surface area contributed by atoms with Gasteiger partial charge < -0.3 is 9.47 Å². The topological polar surface area (TPSA) is 56.5 Å². The lowest BCUT2D eigenvalue weighted by atomic mass is 9.83. The lowest BCUT2D eigenvalue weighted by molar-refractivity contribution is 0.268. The summed E-state index contributed by atoms with van der Waals surface area (Å²) in [5.41, 5.74) is 4.16. The van der Waals surface area contributed by atoms with Crippen molar-refractivity contribution < 1.29 is 9.47 Å². The zero-order chi connectivity index (χ0) is 13.8. The molecule has 1 rings (SSSR count). The van der Waals surface area contributed by atoms with Gasteiger partial charge in [-0.3, -0.25) is 11.3 Å². The molecule has 1 unspecified atom stereocenters. The minimum absolute atomic E-state index is 0.0991. The zero-order valence-electron chi connectivity index (χ0n) is 11.9. The first-order chi connectivity index (χ1) is 8.42. The summed E-state index contributed by atoms with van der Waals surface area (Å²) in [5.74, 6) is 7.12. The summed E-state index contributed by atoms with van der Waals surface area (Å²) in [6.45, 7) is 6.49. The van der Waals surface area contributed by atoms with E-state index < -0.39 is 0 Å². The van der Waals surface area contributed by atoms with Crippen molar-refractivity contribution in [1.29, 1.82) is 0 Å². The molecular formula is C14H24N2O2. The first-order valence-electron chi connectivity index (χ1n) is 6.09. The fraction of sp³-hybridized carbons (Fsp3) is 0.571. The van der Waals surface area contributed by atoms with Crippen LogP contribution < -0.4 is 20.7 Å². The van der Waals surface area contributed by atoms with Crippen molar-refractivity contribution in [3.63, 3.8) is 0 Å². The number of ether oxygens (including phenoxy) is 2. The molecule has 0 fully saturated rings. The van der Waals surface area contributed by atoms with Crippen LogP contribution in [0, 0.1) is 5.41 Å². The van der Waals surface area contributed by atoms with E-state index >= 15 is 0 Å². The van der Waals surface area contributed by atoms with Gasteiger partial charge in [-0.05, 0) is 29.5 Å². The molecule has 0 aliphatic heterocycles. The van der Waals surface area contributed by atoms with Gasteiger partial charge in [0.15, 0.2) is 11.5 Å². The highest BCUT2D eigenvalue weighted by Crippen LogP contribution is 2.29. The molecule has 1 atom stereocenters. The molecule has 0 spiro atoms. The van der Waals surface area contributed by atoms with Gasteiger partial charge in [-0.1, -0.05) is 26.8 Å². The first-order valence-corrected chi connectivity index (χ1v) is 6.09. The fourth-order valence-electron chi connectivity index (χ4n) is 1.86. The summed E-state index contributed by atoms with van der Waals surface area (Å²) in [4.78, 5) is 0. The predicted octanol–water partition coefficient (Wildman–Crippen LogP) is 2.12. The summed E-state index contributed by atoms with van der Waals surface area (Å²) in [6.07, 6.45) is 0.848. The van der Waals surface area contributed by atoms with E-state index in [2.05, 4.69) is 26.2 Å². The Morgan fingerprint density at radius 3 is 2.22 bits per heavy atom. The number of benzene rings is 1. The maximum absolute atomic E-state index is 5.63. The van der Waals surface area contributed by atoms with Crippen molar-refractivity contribution >= 4 is 0 Å². The van der Waals surface area contributed by atoms with E-state index in [1.54, 1.807) is 14.2 Å². The van der Waals surface area contributed by atoms with Crippen LogP contribution >= 0.6 is 0 Å². The van der Waals surface area contributed by atoms with Crippen LogP contribution in [0.2, 0.25) is 0 Å². The van der Waals surface area contributed by atoms with Crippen molar-refractivity contribution in [2.75, 3.05) is 14.2 Å². The van der Waals surface area contributed by atoms with Gasteiger partial charge in [-0.2, -0.15) is 0 Å². The van der Waals surface area contributed by atoms with E-state index in [0.29, 0.717) is 0 Å². The number of rotatable bonds is 5. The second-order valence-corrected chi connectivity index (χ2v) is 5.48. The Balaban J connectivity index is 2.91. The van der Waals surface area contributed by atoms with Crippen molar-refractivity contribution in [2.45, 2.75) is 33.2 Å². The van der Waals surface area contributed by atoms with Crippen molar-refractivity contribution in [1.82, 2.24) is 5.43 Å². The molecule has 0 amide bonds. The molecule has 0 aromatic heterocycles. The molecular weight excluding hydrogens is 228 g/mol. The van der Waals surface area contributed by atoms with E-state index in [9.17, 15) is 0 Å². The highest BCUT2D eigenvalue weighted by Gasteiger charge is 2.23. The van der Waals surface area contributed by atoms with E-state index in [0.717, 1.165) is 17.9 Å².